The van der Waals surface area contributed by atoms with Gasteiger partial charge in [-0.15, -0.1) is 0 Å². The first-order chi connectivity index (χ1) is 7.41. The number of hydrogen-bond acceptors (Lipinski definition) is 1. The zero-order valence-corrected chi connectivity index (χ0v) is 8.74. The van der Waals surface area contributed by atoms with Gasteiger partial charge < -0.3 is 5.32 Å². The Labute approximate surface area is 94.7 Å². The molecule has 0 aliphatic heterocycles. The molecule has 0 unspecified atom stereocenters. The first kappa shape index (κ1) is 12.6. The van der Waals surface area contributed by atoms with Gasteiger partial charge in [-0.25, -0.2) is 13.2 Å². The van der Waals surface area contributed by atoms with Crippen LogP contribution in [0.2, 0.25) is 0 Å². The Morgan fingerprint density at radius 2 is 1.81 bits per heavy atom. The van der Waals surface area contributed by atoms with Crippen LogP contribution in [0, 0.1) is 17.5 Å². The molecular weight excluding hydrogens is 243 g/mol. The molecule has 0 aromatic heterocycles. The lowest BCUT2D eigenvalue weighted by atomic mass is 10.2. The lowest BCUT2D eigenvalue weighted by Gasteiger charge is -2.04. The highest BCUT2D eigenvalue weighted by Crippen LogP contribution is 2.13. The Hall–Kier alpha value is -1.49. The van der Waals surface area contributed by atoms with Crippen LogP contribution in [0.5, 0.6) is 0 Å². The van der Waals surface area contributed by atoms with Gasteiger partial charge in [0.1, 0.15) is 0 Å². The molecular formula is C10H7ClF3NO. The van der Waals surface area contributed by atoms with E-state index in [0.29, 0.717) is 12.1 Å². The highest BCUT2D eigenvalue weighted by atomic mass is 35.5. The second-order valence-electron chi connectivity index (χ2n) is 2.95. The maximum absolute atomic E-state index is 12.8. The van der Waals surface area contributed by atoms with Crippen LogP contribution in [0.15, 0.2) is 23.7 Å². The largest absolute Gasteiger partial charge is 0.347 e. The number of hydrogen-bond donors (Lipinski definition) is 1. The molecule has 0 heterocycles. The topological polar surface area (TPSA) is 29.1 Å². The van der Waals surface area contributed by atoms with E-state index < -0.39 is 23.4 Å². The van der Waals surface area contributed by atoms with Gasteiger partial charge in [-0.2, -0.15) is 0 Å². The Morgan fingerprint density at radius 3 is 2.25 bits per heavy atom. The number of rotatable bonds is 3. The van der Waals surface area contributed by atoms with E-state index in [2.05, 4.69) is 11.9 Å². The van der Waals surface area contributed by atoms with Gasteiger partial charge in [0.25, 0.3) is 5.91 Å². The van der Waals surface area contributed by atoms with Crippen LogP contribution < -0.4 is 5.32 Å². The van der Waals surface area contributed by atoms with Crippen molar-refractivity contribution in [3.8, 4) is 0 Å². The number of halogens is 4. The predicted molar refractivity (Wildman–Crippen MR) is 53.6 cm³/mol. The summed E-state index contributed by atoms with van der Waals surface area (Å²) < 4.78 is 38.1. The minimum atomic E-state index is -1.61. The van der Waals surface area contributed by atoms with Gasteiger partial charge in [0.05, 0.1) is 6.54 Å². The van der Waals surface area contributed by atoms with Crippen molar-refractivity contribution in [1.29, 1.82) is 0 Å². The first-order valence-electron chi connectivity index (χ1n) is 4.18. The third-order valence-corrected chi connectivity index (χ3v) is 1.82. The van der Waals surface area contributed by atoms with Gasteiger partial charge in [-0.05, 0) is 12.1 Å². The fourth-order valence-corrected chi connectivity index (χ4v) is 1.03. The molecule has 0 aliphatic rings. The fourth-order valence-electron chi connectivity index (χ4n) is 0.965. The van der Waals surface area contributed by atoms with Crippen molar-refractivity contribution in [2.45, 2.75) is 0 Å². The van der Waals surface area contributed by atoms with Crippen molar-refractivity contribution < 1.29 is 18.0 Å². The predicted octanol–water partition coefficient (Wildman–Crippen LogP) is 2.59. The first-order valence-corrected chi connectivity index (χ1v) is 4.55. The van der Waals surface area contributed by atoms with Gasteiger partial charge in [0.2, 0.25) is 0 Å². The summed E-state index contributed by atoms with van der Waals surface area (Å²) in [5.41, 5.74) is -0.325. The summed E-state index contributed by atoms with van der Waals surface area (Å²) >= 11 is 5.38. The summed E-state index contributed by atoms with van der Waals surface area (Å²) in [6, 6.07) is 1.20. The average molecular weight is 250 g/mol. The molecule has 0 atom stereocenters. The van der Waals surface area contributed by atoms with E-state index in [4.69, 9.17) is 11.6 Å². The molecule has 2 nitrogen and oxygen atoms in total. The number of benzene rings is 1. The Morgan fingerprint density at radius 1 is 1.31 bits per heavy atom. The molecule has 0 fully saturated rings. The number of carbonyl (C=O) groups is 1. The minimum Gasteiger partial charge on any atom is -0.347 e. The summed E-state index contributed by atoms with van der Waals surface area (Å²) in [4.78, 5) is 11.3. The number of amides is 1. The van der Waals surface area contributed by atoms with Gasteiger partial charge in [0, 0.05) is 10.6 Å². The van der Waals surface area contributed by atoms with E-state index in [1.165, 1.54) is 0 Å². The summed E-state index contributed by atoms with van der Waals surface area (Å²) in [5.74, 6) is -5.22. The molecule has 86 valence electrons. The Balaban J connectivity index is 2.88. The van der Waals surface area contributed by atoms with E-state index in [1.807, 2.05) is 0 Å². The molecule has 6 heteroatoms. The molecule has 0 saturated heterocycles. The molecule has 1 aromatic rings. The second kappa shape index (κ2) is 5.03. The van der Waals surface area contributed by atoms with Crippen molar-refractivity contribution in [2.75, 3.05) is 6.54 Å². The summed E-state index contributed by atoms with van der Waals surface area (Å²) in [6.07, 6.45) is 0. The minimum absolute atomic E-state index is 0.0407. The van der Waals surface area contributed by atoms with E-state index in [0.717, 1.165) is 0 Å². The van der Waals surface area contributed by atoms with E-state index in [1.54, 1.807) is 0 Å². The maximum atomic E-state index is 12.8. The van der Waals surface area contributed by atoms with Crippen molar-refractivity contribution in [3.63, 3.8) is 0 Å². The summed E-state index contributed by atoms with van der Waals surface area (Å²) in [6.45, 7) is 3.27. The smallest absolute Gasteiger partial charge is 0.251 e. The second-order valence-corrected chi connectivity index (χ2v) is 3.49. The molecule has 0 aliphatic carbocycles. The van der Waals surface area contributed by atoms with E-state index in [-0.39, 0.29) is 17.1 Å². The zero-order valence-electron chi connectivity index (χ0n) is 7.99. The van der Waals surface area contributed by atoms with Crippen molar-refractivity contribution in [3.05, 3.63) is 46.8 Å². The number of carbonyl (C=O) groups excluding carboxylic acids is 1. The zero-order chi connectivity index (χ0) is 12.3. The highest BCUT2D eigenvalue weighted by Gasteiger charge is 2.14. The van der Waals surface area contributed by atoms with E-state index in [9.17, 15) is 18.0 Å². The molecule has 1 amide bonds. The van der Waals surface area contributed by atoms with E-state index >= 15 is 0 Å². The standard InChI is InChI=1S/C10H7ClF3NO/c1-5(11)4-15-10(16)6-2-7(12)9(14)8(13)3-6/h2-3H,1,4H2,(H,15,16). The van der Waals surface area contributed by atoms with Gasteiger partial charge in [0.15, 0.2) is 17.5 Å². The highest BCUT2D eigenvalue weighted by molar-refractivity contribution is 6.29. The molecule has 1 N–H and O–H groups in total. The Kier molecular flexibility index (Phi) is 3.95. The number of nitrogens with one attached hydrogen (secondary N) is 1. The summed E-state index contributed by atoms with van der Waals surface area (Å²) in [5, 5.41) is 2.41. The molecule has 0 saturated carbocycles. The van der Waals surface area contributed by atoms with Crippen LogP contribution in [0.1, 0.15) is 10.4 Å². The van der Waals surface area contributed by atoms with Gasteiger partial charge >= 0.3 is 0 Å². The molecule has 0 spiro atoms. The van der Waals surface area contributed by atoms with Crippen LogP contribution in [-0.4, -0.2) is 12.5 Å². The SMILES string of the molecule is C=C(Cl)CNC(=O)c1cc(F)c(F)c(F)c1. The van der Waals surface area contributed by atoms with Crippen LogP contribution in [0.4, 0.5) is 13.2 Å². The third kappa shape index (κ3) is 3.00. The molecule has 1 aromatic carbocycles. The van der Waals surface area contributed by atoms with Crippen LogP contribution in [-0.2, 0) is 0 Å². The Bertz CT molecular complexity index is 425. The van der Waals surface area contributed by atoms with Crippen molar-refractivity contribution in [2.24, 2.45) is 0 Å². The van der Waals surface area contributed by atoms with Crippen molar-refractivity contribution >= 4 is 17.5 Å². The average Bonchev–Trinajstić information content (AvgIpc) is 2.21. The molecule has 16 heavy (non-hydrogen) atoms. The molecule has 1 rings (SSSR count). The lowest BCUT2D eigenvalue weighted by molar-refractivity contribution is 0.0956. The van der Waals surface area contributed by atoms with Crippen molar-refractivity contribution in [1.82, 2.24) is 5.32 Å². The fraction of sp³-hybridized carbons (Fsp3) is 0.100. The molecule has 0 radical (unpaired) electrons. The monoisotopic (exact) mass is 249 g/mol. The van der Waals surface area contributed by atoms with Gasteiger partial charge in [-0.3, -0.25) is 4.79 Å². The maximum Gasteiger partial charge on any atom is 0.251 e. The normalized spacial score (nSPS) is 10.0. The van der Waals surface area contributed by atoms with Gasteiger partial charge in [-0.1, -0.05) is 18.2 Å². The lowest BCUT2D eigenvalue weighted by Crippen LogP contribution is -2.24. The molecule has 0 bridgehead atoms. The third-order valence-electron chi connectivity index (χ3n) is 1.69. The van der Waals surface area contributed by atoms with Crippen LogP contribution in [0.3, 0.4) is 0 Å². The quantitative estimate of drug-likeness (QED) is 0.820. The van der Waals surface area contributed by atoms with Crippen LogP contribution >= 0.6 is 11.6 Å². The van der Waals surface area contributed by atoms with Crippen LogP contribution in [0.25, 0.3) is 0 Å². The summed E-state index contributed by atoms with van der Waals surface area (Å²) in [7, 11) is 0.